The molecule has 0 radical (unpaired) electrons. The van der Waals surface area contributed by atoms with Crippen molar-refractivity contribution in [2.45, 2.75) is 37.8 Å². The lowest BCUT2D eigenvalue weighted by molar-refractivity contribution is 0.403. The van der Waals surface area contributed by atoms with E-state index in [0.29, 0.717) is 16.7 Å². The molecule has 0 spiro atoms. The molecule has 1 aliphatic rings. The fraction of sp³-hybridized carbons (Fsp3) is 0.273. The highest BCUT2D eigenvalue weighted by atomic mass is 35.5. The van der Waals surface area contributed by atoms with E-state index in [2.05, 4.69) is 10.3 Å². The Hall–Kier alpha value is -2.63. The van der Waals surface area contributed by atoms with Gasteiger partial charge in [-0.05, 0) is 54.8 Å². The summed E-state index contributed by atoms with van der Waals surface area (Å²) in [5.41, 5.74) is 8.10. The number of nitrogens with zero attached hydrogens (tertiary/aromatic N) is 2. The van der Waals surface area contributed by atoms with E-state index in [9.17, 15) is 5.11 Å². The average Bonchev–Trinajstić information content (AvgIpc) is 2.70. The Labute approximate surface area is 169 Å². The largest absolute Gasteiger partial charge is 0.508 e. The van der Waals surface area contributed by atoms with Gasteiger partial charge in [-0.3, -0.25) is 0 Å². The van der Waals surface area contributed by atoms with E-state index < -0.39 is 0 Å². The number of fused-ring (bicyclic) bond motifs is 1. The number of aromatic nitrogens is 2. The van der Waals surface area contributed by atoms with Crippen LogP contribution in [0, 0.1) is 0 Å². The third kappa shape index (κ3) is 4.26. The first kappa shape index (κ1) is 18.7. The molecule has 0 unspecified atom stereocenters. The number of nitrogens with two attached hydrogens (primary N) is 1. The quantitative estimate of drug-likeness (QED) is 0.589. The number of phenolic OH excluding ortho intramolecular Hbond substituents is 1. The summed E-state index contributed by atoms with van der Waals surface area (Å²) in [6.07, 6.45) is 8.18. The highest BCUT2D eigenvalue weighted by molar-refractivity contribution is 6.30. The molecule has 6 heteroatoms. The second kappa shape index (κ2) is 8.17. The number of phenols is 1. The summed E-state index contributed by atoms with van der Waals surface area (Å²) in [5, 5.41) is 14.9. The normalized spacial score (nSPS) is 19.9. The van der Waals surface area contributed by atoms with E-state index in [4.69, 9.17) is 22.3 Å². The third-order valence-corrected chi connectivity index (χ3v) is 5.38. The van der Waals surface area contributed by atoms with Gasteiger partial charge < -0.3 is 16.2 Å². The van der Waals surface area contributed by atoms with Crippen molar-refractivity contribution in [1.29, 1.82) is 0 Å². The number of benzene rings is 2. The van der Waals surface area contributed by atoms with Gasteiger partial charge in [0, 0.05) is 22.5 Å². The van der Waals surface area contributed by atoms with Gasteiger partial charge in [0.05, 0.1) is 5.52 Å². The molecule has 1 aliphatic carbocycles. The van der Waals surface area contributed by atoms with Gasteiger partial charge in [-0.1, -0.05) is 42.7 Å². The number of hydrogen-bond acceptors (Lipinski definition) is 5. The monoisotopic (exact) mass is 394 g/mol. The second-order valence-corrected chi connectivity index (χ2v) is 7.65. The first-order chi connectivity index (χ1) is 13.6. The smallest absolute Gasteiger partial charge is 0.154 e. The van der Waals surface area contributed by atoms with Gasteiger partial charge in [0.15, 0.2) is 5.82 Å². The van der Waals surface area contributed by atoms with Crippen LogP contribution >= 0.6 is 11.6 Å². The molecule has 144 valence electrons. The summed E-state index contributed by atoms with van der Waals surface area (Å²) < 4.78 is 0. The predicted octanol–water partition coefficient (Wildman–Crippen LogP) is 4.84. The van der Waals surface area contributed by atoms with E-state index in [0.717, 1.165) is 35.7 Å². The van der Waals surface area contributed by atoms with Crippen molar-refractivity contribution in [3.05, 3.63) is 58.9 Å². The molecular weight excluding hydrogens is 372 g/mol. The third-order valence-electron chi connectivity index (χ3n) is 5.13. The summed E-state index contributed by atoms with van der Waals surface area (Å²) in [4.78, 5) is 9.32. The van der Waals surface area contributed by atoms with Crippen LogP contribution in [0.1, 0.15) is 37.1 Å². The fourth-order valence-electron chi connectivity index (χ4n) is 3.58. The van der Waals surface area contributed by atoms with E-state index in [1.807, 2.05) is 36.4 Å². The first-order valence-corrected chi connectivity index (χ1v) is 9.93. The summed E-state index contributed by atoms with van der Waals surface area (Å²) in [7, 11) is 0. The number of hydrogen-bond donors (Lipinski definition) is 3. The maximum atomic E-state index is 9.92. The summed E-state index contributed by atoms with van der Waals surface area (Å²) >= 11 is 5.94. The molecule has 4 N–H and O–H groups in total. The number of nitrogens with one attached hydrogen (secondary N) is 1. The average molecular weight is 395 g/mol. The Balaban J connectivity index is 1.69. The van der Waals surface area contributed by atoms with Gasteiger partial charge in [0.25, 0.3) is 0 Å². The Kier molecular flexibility index (Phi) is 5.46. The van der Waals surface area contributed by atoms with Crippen molar-refractivity contribution in [3.63, 3.8) is 0 Å². The van der Waals surface area contributed by atoms with Crippen LogP contribution in [0.15, 0.2) is 42.5 Å². The SMILES string of the molecule is N[C@@H]1CCCC[C@@H]1Nc1nc(C=Cc2ccc(Cl)cc2)nc2ccc(O)cc12. The molecule has 0 amide bonds. The molecule has 0 saturated heterocycles. The molecule has 2 aromatic carbocycles. The molecule has 1 heterocycles. The minimum absolute atomic E-state index is 0.101. The van der Waals surface area contributed by atoms with Crippen LogP contribution in [0.4, 0.5) is 5.82 Å². The van der Waals surface area contributed by atoms with Crippen molar-refractivity contribution in [2.75, 3.05) is 5.32 Å². The molecule has 1 aromatic heterocycles. The molecule has 5 nitrogen and oxygen atoms in total. The lowest BCUT2D eigenvalue weighted by Crippen LogP contribution is -2.42. The number of rotatable bonds is 4. The van der Waals surface area contributed by atoms with Gasteiger partial charge in [-0.2, -0.15) is 0 Å². The van der Waals surface area contributed by atoms with E-state index >= 15 is 0 Å². The minimum Gasteiger partial charge on any atom is -0.508 e. The van der Waals surface area contributed by atoms with Crippen LogP contribution in [-0.4, -0.2) is 27.2 Å². The Bertz CT molecular complexity index is 1000. The fourth-order valence-corrected chi connectivity index (χ4v) is 3.70. The molecule has 2 atom stereocenters. The molecule has 1 saturated carbocycles. The Morgan fingerprint density at radius 1 is 1.04 bits per heavy atom. The van der Waals surface area contributed by atoms with Gasteiger partial charge in [-0.25, -0.2) is 9.97 Å². The Morgan fingerprint density at radius 2 is 1.82 bits per heavy atom. The zero-order chi connectivity index (χ0) is 19.5. The maximum Gasteiger partial charge on any atom is 0.154 e. The molecule has 0 aliphatic heterocycles. The summed E-state index contributed by atoms with van der Waals surface area (Å²) in [6.45, 7) is 0. The molecule has 28 heavy (non-hydrogen) atoms. The van der Waals surface area contributed by atoms with Crippen LogP contribution in [-0.2, 0) is 0 Å². The zero-order valence-corrected chi connectivity index (χ0v) is 16.2. The summed E-state index contributed by atoms with van der Waals surface area (Å²) in [5.74, 6) is 1.50. The van der Waals surface area contributed by atoms with Crippen molar-refractivity contribution < 1.29 is 5.11 Å². The van der Waals surface area contributed by atoms with Crippen molar-refractivity contribution in [1.82, 2.24) is 9.97 Å². The number of anilines is 1. The van der Waals surface area contributed by atoms with E-state index in [-0.39, 0.29) is 17.8 Å². The maximum absolute atomic E-state index is 9.92. The van der Waals surface area contributed by atoms with Crippen LogP contribution < -0.4 is 11.1 Å². The molecular formula is C22H23ClN4O. The number of halogens is 1. The molecule has 4 rings (SSSR count). The van der Waals surface area contributed by atoms with E-state index in [1.54, 1.807) is 18.2 Å². The van der Waals surface area contributed by atoms with Crippen molar-refractivity contribution >= 4 is 40.5 Å². The standard InChI is InChI=1S/C22H23ClN4O/c23-15-8-5-14(6-9-15)7-12-21-25-19-11-10-16(28)13-17(19)22(27-21)26-20-4-2-1-3-18(20)24/h5-13,18,20,28H,1-4,24H2,(H,25,26,27)/t18-,20+/m1/s1. The van der Waals surface area contributed by atoms with Crippen LogP contribution in [0.25, 0.3) is 23.1 Å². The van der Waals surface area contributed by atoms with Gasteiger partial charge in [0.1, 0.15) is 11.6 Å². The first-order valence-electron chi connectivity index (χ1n) is 9.55. The lowest BCUT2D eigenvalue weighted by Gasteiger charge is -2.30. The second-order valence-electron chi connectivity index (χ2n) is 7.22. The van der Waals surface area contributed by atoms with Crippen LogP contribution in [0.3, 0.4) is 0 Å². The molecule has 3 aromatic rings. The predicted molar refractivity (Wildman–Crippen MR) is 115 cm³/mol. The topological polar surface area (TPSA) is 84.1 Å². The summed E-state index contributed by atoms with van der Waals surface area (Å²) in [6, 6.07) is 13.0. The van der Waals surface area contributed by atoms with E-state index in [1.165, 1.54) is 6.42 Å². The van der Waals surface area contributed by atoms with Gasteiger partial charge in [-0.15, -0.1) is 0 Å². The highest BCUT2D eigenvalue weighted by Gasteiger charge is 2.23. The van der Waals surface area contributed by atoms with Crippen molar-refractivity contribution in [2.24, 2.45) is 5.73 Å². The Morgan fingerprint density at radius 3 is 2.61 bits per heavy atom. The van der Waals surface area contributed by atoms with Gasteiger partial charge in [0.2, 0.25) is 0 Å². The highest BCUT2D eigenvalue weighted by Crippen LogP contribution is 2.28. The lowest BCUT2D eigenvalue weighted by atomic mass is 9.91. The van der Waals surface area contributed by atoms with Crippen LogP contribution in [0.2, 0.25) is 5.02 Å². The van der Waals surface area contributed by atoms with Crippen LogP contribution in [0.5, 0.6) is 5.75 Å². The zero-order valence-electron chi connectivity index (χ0n) is 15.5. The minimum atomic E-state index is 0.101. The molecule has 1 fully saturated rings. The molecule has 0 bridgehead atoms. The van der Waals surface area contributed by atoms with Gasteiger partial charge >= 0.3 is 0 Å². The van der Waals surface area contributed by atoms with Crippen molar-refractivity contribution in [3.8, 4) is 5.75 Å². The number of aromatic hydroxyl groups is 1.